The summed E-state index contributed by atoms with van der Waals surface area (Å²) in [7, 11) is 1.65. The molecule has 5 aromatic rings. The van der Waals surface area contributed by atoms with Crippen molar-refractivity contribution in [3.05, 3.63) is 69.6 Å². The smallest absolute Gasteiger partial charge is 0.161 e. The molecular formula is C24H19Br2N3O2. The Morgan fingerprint density at radius 3 is 2.39 bits per heavy atom. The maximum Gasteiger partial charge on any atom is 0.161 e. The van der Waals surface area contributed by atoms with E-state index in [9.17, 15) is 0 Å². The third kappa shape index (κ3) is 3.77. The lowest BCUT2D eigenvalue weighted by Crippen LogP contribution is -2.06. The summed E-state index contributed by atoms with van der Waals surface area (Å²) in [5.41, 5.74) is 4.65. The molecule has 0 fully saturated rings. The predicted octanol–water partition coefficient (Wildman–Crippen LogP) is 6.74. The fraction of sp³-hybridized carbons (Fsp3) is 0.167. The zero-order valence-electron chi connectivity index (χ0n) is 16.8. The van der Waals surface area contributed by atoms with Crippen molar-refractivity contribution in [3.8, 4) is 11.5 Å². The van der Waals surface area contributed by atoms with E-state index in [-0.39, 0.29) is 0 Å². The second-order valence-electron chi connectivity index (χ2n) is 7.17. The van der Waals surface area contributed by atoms with E-state index < -0.39 is 0 Å². The summed E-state index contributed by atoms with van der Waals surface area (Å²) >= 11 is 7.35. The first-order valence-electron chi connectivity index (χ1n) is 9.95. The fourth-order valence-corrected chi connectivity index (χ4v) is 5.29. The molecule has 7 heteroatoms. The van der Waals surface area contributed by atoms with Crippen molar-refractivity contribution in [3.63, 3.8) is 0 Å². The first-order chi connectivity index (χ1) is 15.2. The highest BCUT2D eigenvalue weighted by atomic mass is 79.9. The molecule has 31 heavy (non-hydrogen) atoms. The first-order valence-corrected chi connectivity index (χ1v) is 11.5. The van der Waals surface area contributed by atoms with Crippen LogP contribution in [-0.4, -0.2) is 28.3 Å². The molecule has 3 aromatic carbocycles. The SMILES string of the molecule is COc1ccccc1OCCCn1c2nc3ccccc3nc2c2cc(Br)cc(Br)c21. The van der Waals surface area contributed by atoms with Crippen molar-refractivity contribution in [2.45, 2.75) is 13.0 Å². The highest BCUT2D eigenvalue weighted by Gasteiger charge is 2.17. The number of benzene rings is 3. The lowest BCUT2D eigenvalue weighted by Gasteiger charge is -2.12. The van der Waals surface area contributed by atoms with Crippen LogP contribution in [0, 0.1) is 0 Å². The zero-order chi connectivity index (χ0) is 21.4. The molecule has 156 valence electrons. The van der Waals surface area contributed by atoms with E-state index in [1.807, 2.05) is 48.5 Å². The third-order valence-electron chi connectivity index (χ3n) is 5.21. The normalized spacial score (nSPS) is 11.5. The Morgan fingerprint density at radius 1 is 0.903 bits per heavy atom. The number of nitrogens with zero attached hydrogens (tertiary/aromatic N) is 3. The number of rotatable bonds is 6. The van der Waals surface area contributed by atoms with Gasteiger partial charge >= 0.3 is 0 Å². The van der Waals surface area contributed by atoms with Crippen molar-refractivity contribution in [2.75, 3.05) is 13.7 Å². The zero-order valence-corrected chi connectivity index (χ0v) is 20.0. The van der Waals surface area contributed by atoms with Crippen molar-refractivity contribution < 1.29 is 9.47 Å². The van der Waals surface area contributed by atoms with Crippen LogP contribution in [0.5, 0.6) is 11.5 Å². The summed E-state index contributed by atoms with van der Waals surface area (Å²) in [6.07, 6.45) is 0.813. The molecular weight excluding hydrogens is 522 g/mol. The van der Waals surface area contributed by atoms with Crippen molar-refractivity contribution in [2.24, 2.45) is 0 Å². The Morgan fingerprint density at radius 2 is 1.61 bits per heavy atom. The average Bonchev–Trinajstić information content (AvgIpc) is 3.08. The minimum atomic E-state index is 0.566. The van der Waals surface area contributed by atoms with Crippen molar-refractivity contribution in [1.82, 2.24) is 14.5 Å². The van der Waals surface area contributed by atoms with Gasteiger partial charge in [0.2, 0.25) is 0 Å². The van der Waals surface area contributed by atoms with Gasteiger partial charge in [-0.2, -0.15) is 0 Å². The van der Waals surface area contributed by atoms with Crippen LogP contribution in [0.2, 0.25) is 0 Å². The highest BCUT2D eigenvalue weighted by Crippen LogP contribution is 2.36. The molecule has 0 radical (unpaired) electrons. The number of hydrogen-bond acceptors (Lipinski definition) is 4. The molecule has 0 unspecified atom stereocenters. The Kier molecular flexibility index (Phi) is 5.54. The van der Waals surface area contributed by atoms with Gasteiger partial charge in [-0.3, -0.25) is 0 Å². The molecule has 5 nitrogen and oxygen atoms in total. The number of hydrogen-bond donors (Lipinski definition) is 0. The second kappa shape index (κ2) is 8.48. The van der Waals surface area contributed by atoms with E-state index >= 15 is 0 Å². The van der Waals surface area contributed by atoms with Gasteiger partial charge in [0.05, 0.1) is 30.3 Å². The molecule has 5 rings (SSSR count). The van der Waals surface area contributed by atoms with E-state index in [0.29, 0.717) is 6.61 Å². The Hall–Kier alpha value is -2.64. The second-order valence-corrected chi connectivity index (χ2v) is 8.94. The minimum Gasteiger partial charge on any atom is -0.493 e. The molecule has 0 atom stereocenters. The summed E-state index contributed by atoms with van der Waals surface area (Å²) in [4.78, 5) is 9.89. The lowest BCUT2D eigenvalue weighted by atomic mass is 10.2. The molecule has 0 N–H and O–H groups in total. The van der Waals surface area contributed by atoms with Crippen LogP contribution < -0.4 is 9.47 Å². The van der Waals surface area contributed by atoms with Gasteiger partial charge < -0.3 is 14.0 Å². The number of aromatic nitrogens is 3. The number of fused-ring (bicyclic) bond motifs is 4. The van der Waals surface area contributed by atoms with Gasteiger partial charge in [-0.1, -0.05) is 40.2 Å². The number of aryl methyl sites for hydroxylation is 1. The van der Waals surface area contributed by atoms with Gasteiger partial charge in [0.15, 0.2) is 17.1 Å². The van der Waals surface area contributed by atoms with Gasteiger partial charge in [0, 0.05) is 20.9 Å². The number of para-hydroxylation sites is 4. The molecule has 0 aliphatic carbocycles. The number of methoxy groups -OCH3 is 1. The van der Waals surface area contributed by atoms with Gasteiger partial charge in [0.25, 0.3) is 0 Å². The van der Waals surface area contributed by atoms with Crippen LogP contribution >= 0.6 is 31.9 Å². The van der Waals surface area contributed by atoms with Crippen molar-refractivity contribution in [1.29, 1.82) is 0 Å². The molecule has 0 aliphatic rings. The van der Waals surface area contributed by atoms with Gasteiger partial charge in [-0.15, -0.1) is 0 Å². The monoisotopic (exact) mass is 539 g/mol. The van der Waals surface area contributed by atoms with Crippen molar-refractivity contribution >= 4 is 65.0 Å². The summed E-state index contributed by atoms with van der Waals surface area (Å²) in [6.45, 7) is 1.32. The predicted molar refractivity (Wildman–Crippen MR) is 131 cm³/mol. The van der Waals surface area contributed by atoms with Crippen LogP contribution in [-0.2, 0) is 6.54 Å². The summed E-state index contributed by atoms with van der Waals surface area (Å²) in [5.74, 6) is 1.49. The largest absolute Gasteiger partial charge is 0.493 e. The van der Waals surface area contributed by atoms with Crippen LogP contribution in [0.1, 0.15) is 6.42 Å². The van der Waals surface area contributed by atoms with E-state index in [2.05, 4.69) is 48.6 Å². The highest BCUT2D eigenvalue weighted by molar-refractivity contribution is 9.11. The Bertz CT molecular complexity index is 1410. The molecule has 0 spiro atoms. The van der Waals surface area contributed by atoms with Crippen LogP contribution in [0.25, 0.3) is 33.1 Å². The first kappa shape index (κ1) is 20.3. The van der Waals surface area contributed by atoms with Gasteiger partial charge in [-0.25, -0.2) is 9.97 Å². The lowest BCUT2D eigenvalue weighted by molar-refractivity contribution is 0.284. The van der Waals surface area contributed by atoms with Gasteiger partial charge in [0.1, 0.15) is 5.52 Å². The number of halogens is 2. The summed E-state index contributed by atoms with van der Waals surface area (Å²) in [5, 5.41) is 1.07. The average molecular weight is 541 g/mol. The molecule has 2 heterocycles. The molecule has 0 aliphatic heterocycles. The van der Waals surface area contributed by atoms with Crippen LogP contribution in [0.4, 0.5) is 0 Å². The van der Waals surface area contributed by atoms with Crippen LogP contribution in [0.15, 0.2) is 69.6 Å². The molecule has 0 amide bonds. The quantitative estimate of drug-likeness (QED) is 0.224. The number of ether oxygens (including phenoxy) is 2. The Balaban J connectivity index is 1.52. The fourth-order valence-electron chi connectivity index (χ4n) is 3.85. The van der Waals surface area contributed by atoms with E-state index in [0.717, 1.165) is 66.5 Å². The molecule has 0 saturated heterocycles. The van der Waals surface area contributed by atoms with E-state index in [1.165, 1.54) is 0 Å². The molecule has 0 bridgehead atoms. The Labute approximate surface area is 196 Å². The van der Waals surface area contributed by atoms with Gasteiger partial charge in [-0.05, 0) is 58.7 Å². The molecule has 0 saturated carbocycles. The minimum absolute atomic E-state index is 0.566. The van der Waals surface area contributed by atoms with E-state index in [1.54, 1.807) is 7.11 Å². The topological polar surface area (TPSA) is 49.2 Å². The standard InChI is InChI=1S/C24H19Br2N3O2/c1-30-20-9-4-5-10-21(20)31-12-6-11-29-23-16(13-15(25)14-17(23)26)22-24(29)28-19-8-3-2-7-18(19)27-22/h2-5,7-10,13-14H,6,11-12H2,1H3. The summed E-state index contributed by atoms with van der Waals surface area (Å²) < 4.78 is 15.6. The summed E-state index contributed by atoms with van der Waals surface area (Å²) in [6, 6.07) is 19.8. The molecule has 2 aromatic heterocycles. The maximum atomic E-state index is 5.98. The van der Waals surface area contributed by atoms with Crippen LogP contribution in [0.3, 0.4) is 0 Å². The van der Waals surface area contributed by atoms with E-state index in [4.69, 9.17) is 19.4 Å². The third-order valence-corrected chi connectivity index (χ3v) is 6.28. The maximum absolute atomic E-state index is 5.98.